The third-order valence-corrected chi connectivity index (χ3v) is 3.34. The van der Waals surface area contributed by atoms with E-state index in [4.69, 9.17) is 9.47 Å². The maximum absolute atomic E-state index is 5.60. The van der Waals surface area contributed by atoms with Crippen LogP contribution in [0.2, 0.25) is 0 Å². The maximum atomic E-state index is 5.60. The second kappa shape index (κ2) is 8.72. The Hall–Kier alpha value is -0.490. The fourth-order valence-electron chi connectivity index (χ4n) is 1.55. The highest BCUT2D eigenvalue weighted by Gasteiger charge is 2.09. The van der Waals surface area contributed by atoms with Crippen LogP contribution in [0.3, 0.4) is 0 Å². The van der Waals surface area contributed by atoms with Gasteiger partial charge in [0.05, 0.1) is 31.1 Å². The second-order valence-corrected chi connectivity index (χ2v) is 7.21. The van der Waals surface area contributed by atoms with Crippen LogP contribution in [0.1, 0.15) is 45.3 Å². The van der Waals surface area contributed by atoms with Gasteiger partial charge in [-0.1, -0.05) is 13.8 Å². The van der Waals surface area contributed by atoms with E-state index < -0.39 is 0 Å². The zero-order valence-corrected chi connectivity index (χ0v) is 14.2. The first kappa shape index (κ1) is 17.6. The molecular weight excluding hydrogens is 272 g/mol. The SMILES string of the molecule is CC(C)CNCc1nc(COCCOC(C)(C)C)cs1. The van der Waals surface area contributed by atoms with Crippen LogP contribution in [0.4, 0.5) is 0 Å². The molecule has 20 heavy (non-hydrogen) atoms. The molecule has 1 N–H and O–H groups in total. The molecule has 1 rings (SSSR count). The largest absolute Gasteiger partial charge is 0.373 e. The Morgan fingerprint density at radius 1 is 1.30 bits per heavy atom. The molecule has 0 unspecified atom stereocenters. The van der Waals surface area contributed by atoms with Gasteiger partial charge < -0.3 is 14.8 Å². The Bertz CT molecular complexity index is 372. The number of nitrogens with one attached hydrogen (secondary N) is 1. The Morgan fingerprint density at radius 2 is 2.05 bits per heavy atom. The first-order chi connectivity index (χ1) is 9.37. The molecule has 0 spiro atoms. The van der Waals surface area contributed by atoms with Crippen LogP contribution in [0, 0.1) is 5.92 Å². The molecule has 0 aliphatic rings. The summed E-state index contributed by atoms with van der Waals surface area (Å²) in [6.45, 7) is 14.2. The van der Waals surface area contributed by atoms with Crippen LogP contribution in [0.25, 0.3) is 0 Å². The van der Waals surface area contributed by atoms with Crippen molar-refractivity contribution in [2.45, 2.75) is 53.4 Å². The van der Waals surface area contributed by atoms with E-state index in [9.17, 15) is 0 Å². The molecule has 0 radical (unpaired) electrons. The van der Waals surface area contributed by atoms with Crippen LogP contribution in [0.15, 0.2) is 5.38 Å². The summed E-state index contributed by atoms with van der Waals surface area (Å²) in [5, 5.41) is 6.58. The molecule has 0 aliphatic carbocycles. The lowest BCUT2D eigenvalue weighted by Gasteiger charge is -2.19. The summed E-state index contributed by atoms with van der Waals surface area (Å²) >= 11 is 1.68. The van der Waals surface area contributed by atoms with Crippen molar-refractivity contribution in [1.82, 2.24) is 10.3 Å². The first-order valence-electron chi connectivity index (χ1n) is 7.22. The predicted octanol–water partition coefficient (Wildman–Crippen LogP) is 3.22. The van der Waals surface area contributed by atoms with Crippen molar-refractivity contribution in [3.63, 3.8) is 0 Å². The molecule has 1 aromatic heterocycles. The monoisotopic (exact) mass is 300 g/mol. The van der Waals surface area contributed by atoms with Crippen molar-refractivity contribution in [3.05, 3.63) is 16.1 Å². The average Bonchev–Trinajstić information content (AvgIpc) is 2.74. The quantitative estimate of drug-likeness (QED) is 0.711. The number of hydrogen-bond donors (Lipinski definition) is 1. The molecule has 5 heteroatoms. The summed E-state index contributed by atoms with van der Waals surface area (Å²) in [7, 11) is 0. The molecule has 0 fully saturated rings. The van der Waals surface area contributed by atoms with Gasteiger partial charge in [0.2, 0.25) is 0 Å². The Morgan fingerprint density at radius 3 is 2.70 bits per heavy atom. The summed E-state index contributed by atoms with van der Waals surface area (Å²) in [4.78, 5) is 4.54. The maximum Gasteiger partial charge on any atom is 0.107 e. The van der Waals surface area contributed by atoms with Crippen LogP contribution < -0.4 is 5.32 Å². The van der Waals surface area contributed by atoms with Gasteiger partial charge in [0.1, 0.15) is 5.01 Å². The highest BCUT2D eigenvalue weighted by atomic mass is 32.1. The fraction of sp³-hybridized carbons (Fsp3) is 0.800. The minimum Gasteiger partial charge on any atom is -0.373 e. The van der Waals surface area contributed by atoms with E-state index in [1.807, 2.05) is 20.8 Å². The second-order valence-electron chi connectivity index (χ2n) is 6.27. The summed E-state index contributed by atoms with van der Waals surface area (Å²) in [5.74, 6) is 0.667. The third-order valence-electron chi connectivity index (χ3n) is 2.44. The van der Waals surface area contributed by atoms with Crippen LogP contribution in [-0.2, 0) is 22.6 Å². The lowest BCUT2D eigenvalue weighted by Crippen LogP contribution is -2.21. The number of ether oxygens (including phenoxy) is 2. The van der Waals surface area contributed by atoms with Crippen LogP contribution in [-0.4, -0.2) is 30.3 Å². The topological polar surface area (TPSA) is 43.4 Å². The van der Waals surface area contributed by atoms with E-state index in [0.29, 0.717) is 25.7 Å². The molecule has 0 bridgehead atoms. The smallest absolute Gasteiger partial charge is 0.107 e. The van der Waals surface area contributed by atoms with E-state index >= 15 is 0 Å². The van der Waals surface area contributed by atoms with E-state index in [1.54, 1.807) is 11.3 Å². The van der Waals surface area contributed by atoms with E-state index in [1.165, 1.54) is 0 Å². The molecule has 1 heterocycles. The Kier molecular flexibility index (Phi) is 7.66. The van der Waals surface area contributed by atoms with Crippen molar-refractivity contribution in [2.75, 3.05) is 19.8 Å². The summed E-state index contributed by atoms with van der Waals surface area (Å²) in [6.07, 6.45) is 0. The van der Waals surface area contributed by atoms with Gasteiger partial charge in [0.15, 0.2) is 0 Å². The predicted molar refractivity (Wildman–Crippen MR) is 84.0 cm³/mol. The number of aromatic nitrogens is 1. The number of thiazole rings is 1. The lowest BCUT2D eigenvalue weighted by molar-refractivity contribution is -0.0380. The van der Waals surface area contributed by atoms with Crippen molar-refractivity contribution < 1.29 is 9.47 Å². The highest BCUT2D eigenvalue weighted by molar-refractivity contribution is 7.09. The average molecular weight is 300 g/mol. The Labute approximate surface area is 126 Å². The van der Waals surface area contributed by atoms with Crippen molar-refractivity contribution >= 4 is 11.3 Å². The van der Waals surface area contributed by atoms with E-state index in [2.05, 4.69) is 29.5 Å². The molecule has 0 aliphatic heterocycles. The number of nitrogens with zero attached hydrogens (tertiary/aromatic N) is 1. The molecular formula is C15H28N2O2S. The van der Waals surface area contributed by atoms with Crippen molar-refractivity contribution in [2.24, 2.45) is 5.92 Å². The molecule has 0 saturated carbocycles. The molecule has 0 amide bonds. The van der Waals surface area contributed by atoms with Gasteiger partial charge in [-0.05, 0) is 33.2 Å². The fourth-order valence-corrected chi connectivity index (χ4v) is 2.30. The number of hydrogen-bond acceptors (Lipinski definition) is 5. The Balaban J connectivity index is 2.14. The number of rotatable bonds is 9. The molecule has 0 aromatic carbocycles. The molecule has 0 atom stereocenters. The van der Waals surface area contributed by atoms with Crippen LogP contribution in [0.5, 0.6) is 0 Å². The molecule has 1 aromatic rings. The third kappa shape index (κ3) is 8.64. The van der Waals surface area contributed by atoms with Gasteiger partial charge >= 0.3 is 0 Å². The van der Waals surface area contributed by atoms with Crippen molar-refractivity contribution in [1.29, 1.82) is 0 Å². The summed E-state index contributed by atoms with van der Waals surface area (Å²) in [6, 6.07) is 0. The standard InChI is InChI=1S/C15H28N2O2S/c1-12(2)8-16-9-14-17-13(11-20-14)10-18-6-7-19-15(3,4)5/h11-12,16H,6-10H2,1-5H3. The van der Waals surface area contributed by atoms with E-state index in [0.717, 1.165) is 23.8 Å². The normalized spacial score (nSPS) is 12.3. The van der Waals surface area contributed by atoms with Crippen molar-refractivity contribution in [3.8, 4) is 0 Å². The van der Waals surface area contributed by atoms with Crippen LogP contribution >= 0.6 is 11.3 Å². The molecule has 4 nitrogen and oxygen atoms in total. The van der Waals surface area contributed by atoms with Gasteiger partial charge in [-0.15, -0.1) is 11.3 Å². The summed E-state index contributed by atoms with van der Waals surface area (Å²) < 4.78 is 11.2. The van der Waals surface area contributed by atoms with Gasteiger partial charge in [-0.3, -0.25) is 0 Å². The lowest BCUT2D eigenvalue weighted by atomic mass is 10.2. The minimum atomic E-state index is -0.0980. The highest BCUT2D eigenvalue weighted by Crippen LogP contribution is 2.11. The summed E-state index contributed by atoms with van der Waals surface area (Å²) in [5.41, 5.74) is 0.909. The van der Waals surface area contributed by atoms with E-state index in [-0.39, 0.29) is 5.60 Å². The first-order valence-corrected chi connectivity index (χ1v) is 8.10. The zero-order valence-electron chi connectivity index (χ0n) is 13.4. The molecule has 0 saturated heterocycles. The van der Waals surface area contributed by atoms with Gasteiger partial charge in [0.25, 0.3) is 0 Å². The van der Waals surface area contributed by atoms with Gasteiger partial charge in [-0.2, -0.15) is 0 Å². The molecule has 116 valence electrons. The van der Waals surface area contributed by atoms with Gasteiger partial charge in [-0.25, -0.2) is 4.98 Å². The minimum absolute atomic E-state index is 0.0980. The zero-order chi connectivity index (χ0) is 15.0. The van der Waals surface area contributed by atoms with Gasteiger partial charge in [0, 0.05) is 11.9 Å².